The lowest BCUT2D eigenvalue weighted by Crippen LogP contribution is -2.36. The first-order chi connectivity index (χ1) is 16.2. The average molecular weight is 548 g/mol. The molecule has 0 radical (unpaired) electrons. The van der Waals surface area contributed by atoms with Crippen LogP contribution in [0.25, 0.3) is 0 Å². The zero-order chi connectivity index (χ0) is 24.5. The molecule has 0 spiro atoms. The predicted molar refractivity (Wildman–Crippen MR) is 139 cm³/mol. The molecule has 0 saturated heterocycles. The van der Waals surface area contributed by atoms with Crippen molar-refractivity contribution in [3.8, 4) is 0 Å². The van der Waals surface area contributed by atoms with Gasteiger partial charge in [-0.3, -0.25) is 4.79 Å². The van der Waals surface area contributed by atoms with Crippen LogP contribution in [0.2, 0.25) is 0 Å². The topological polar surface area (TPSA) is 93.6 Å². The van der Waals surface area contributed by atoms with Gasteiger partial charge in [0.25, 0.3) is 5.91 Å². The number of halogens is 1. The molecule has 1 atom stereocenters. The second-order valence-electron chi connectivity index (χ2n) is 9.07. The highest BCUT2D eigenvalue weighted by molar-refractivity contribution is 9.10. The van der Waals surface area contributed by atoms with E-state index in [1.54, 1.807) is 29.0 Å². The molecule has 2 heterocycles. The monoisotopic (exact) mass is 546 g/mol. The summed E-state index contributed by atoms with van der Waals surface area (Å²) in [6.45, 7) is 3.13. The third kappa shape index (κ3) is 5.00. The first-order valence-electron chi connectivity index (χ1n) is 11.8. The minimum absolute atomic E-state index is 0.122. The SMILES string of the molecule is CCCCCCCS(=N)(=O)c1ccc2c(c1)CCN2C(=O)c1cc2c(cc1Br)NC(=O)N(C)C2. The first-order valence-corrected chi connectivity index (χ1v) is 14.3. The van der Waals surface area contributed by atoms with Gasteiger partial charge in [0.2, 0.25) is 0 Å². The van der Waals surface area contributed by atoms with E-state index in [9.17, 15) is 13.8 Å². The Kier molecular flexibility index (Phi) is 7.33. The third-order valence-electron chi connectivity index (χ3n) is 6.53. The van der Waals surface area contributed by atoms with Crippen LogP contribution < -0.4 is 10.2 Å². The number of nitrogens with one attached hydrogen (secondary N) is 2. The van der Waals surface area contributed by atoms with Crippen LogP contribution in [-0.4, -0.2) is 40.4 Å². The van der Waals surface area contributed by atoms with Gasteiger partial charge in [-0.1, -0.05) is 32.6 Å². The first kappa shape index (κ1) is 24.7. The molecule has 2 N–H and O–H groups in total. The molecule has 0 saturated carbocycles. The molecule has 2 aliphatic heterocycles. The van der Waals surface area contributed by atoms with Gasteiger partial charge in [-0.25, -0.2) is 13.8 Å². The molecule has 4 rings (SSSR count). The zero-order valence-electron chi connectivity index (χ0n) is 19.7. The average Bonchev–Trinajstić information content (AvgIpc) is 3.22. The summed E-state index contributed by atoms with van der Waals surface area (Å²) >= 11 is 3.50. The number of fused-ring (bicyclic) bond motifs is 2. The van der Waals surface area contributed by atoms with Crippen molar-refractivity contribution in [2.24, 2.45) is 0 Å². The van der Waals surface area contributed by atoms with Crippen molar-refractivity contribution >= 4 is 49.0 Å². The maximum Gasteiger partial charge on any atom is 0.321 e. The fourth-order valence-electron chi connectivity index (χ4n) is 4.53. The van der Waals surface area contributed by atoms with Crippen molar-refractivity contribution in [1.29, 1.82) is 4.78 Å². The molecular formula is C25H31BrN4O3S. The summed E-state index contributed by atoms with van der Waals surface area (Å²) in [5.74, 6) is 0.258. The summed E-state index contributed by atoms with van der Waals surface area (Å²) in [5.41, 5.74) is 3.89. The molecule has 0 bridgehead atoms. The number of carbonyl (C=O) groups excluding carboxylic acids is 2. The number of rotatable bonds is 8. The van der Waals surface area contributed by atoms with Crippen molar-refractivity contribution in [1.82, 2.24) is 4.90 Å². The number of hydrogen-bond acceptors (Lipinski definition) is 4. The Balaban J connectivity index is 1.52. The van der Waals surface area contributed by atoms with Crippen molar-refractivity contribution in [2.45, 2.75) is 56.9 Å². The lowest BCUT2D eigenvalue weighted by Gasteiger charge is -2.27. The standard InChI is InChI=1S/C25H31BrN4O3S/c1-3-4-5-6-7-12-34(27,33)19-8-9-23-17(13-19)10-11-30(23)24(31)20-14-18-16-29(2)25(32)28-22(18)15-21(20)26/h8-9,13-15,27H,3-7,10-12,16H2,1-2H3,(H,28,32). The van der Waals surface area contributed by atoms with Crippen molar-refractivity contribution in [3.63, 3.8) is 0 Å². The highest BCUT2D eigenvalue weighted by atomic mass is 79.9. The number of urea groups is 1. The maximum atomic E-state index is 13.5. The zero-order valence-corrected chi connectivity index (χ0v) is 22.1. The number of nitrogens with zero attached hydrogens (tertiary/aromatic N) is 2. The van der Waals surface area contributed by atoms with Gasteiger partial charge in [0, 0.05) is 46.6 Å². The summed E-state index contributed by atoms with van der Waals surface area (Å²) in [6, 6.07) is 8.88. The van der Waals surface area contributed by atoms with E-state index in [2.05, 4.69) is 28.2 Å². The minimum atomic E-state index is -2.84. The molecule has 2 aromatic rings. The van der Waals surface area contributed by atoms with Crippen LogP contribution >= 0.6 is 15.9 Å². The van der Waals surface area contributed by atoms with Gasteiger partial charge in [-0.15, -0.1) is 0 Å². The number of anilines is 2. The van der Waals surface area contributed by atoms with Crippen LogP contribution in [0.4, 0.5) is 16.2 Å². The molecule has 0 fully saturated rings. The second kappa shape index (κ2) is 10.1. The fraction of sp³-hybridized carbons (Fsp3) is 0.440. The Hall–Kier alpha value is -2.39. The number of amides is 3. The Morgan fingerprint density at radius 3 is 2.68 bits per heavy atom. The summed E-state index contributed by atoms with van der Waals surface area (Å²) in [5, 5.41) is 2.83. The summed E-state index contributed by atoms with van der Waals surface area (Å²) in [6.07, 6.45) is 5.92. The summed E-state index contributed by atoms with van der Waals surface area (Å²) in [4.78, 5) is 29.3. The predicted octanol–water partition coefficient (Wildman–Crippen LogP) is 6.01. The minimum Gasteiger partial charge on any atom is -0.323 e. The van der Waals surface area contributed by atoms with Crippen LogP contribution in [0, 0.1) is 4.78 Å². The Bertz CT molecular complexity index is 1230. The van der Waals surface area contributed by atoms with Crippen molar-refractivity contribution < 1.29 is 13.8 Å². The van der Waals surface area contributed by atoms with Gasteiger partial charge in [0.1, 0.15) is 0 Å². The van der Waals surface area contributed by atoms with E-state index >= 15 is 0 Å². The number of hydrogen-bond donors (Lipinski definition) is 2. The molecule has 0 aliphatic carbocycles. The lowest BCUT2D eigenvalue weighted by molar-refractivity contribution is 0.0988. The molecule has 7 nitrogen and oxygen atoms in total. The third-order valence-corrected chi connectivity index (χ3v) is 9.06. The van der Waals surface area contributed by atoms with Crippen LogP contribution in [0.3, 0.4) is 0 Å². The molecule has 0 aromatic heterocycles. The van der Waals surface area contributed by atoms with E-state index in [1.807, 2.05) is 18.2 Å². The molecule has 3 amide bonds. The molecule has 182 valence electrons. The second-order valence-corrected chi connectivity index (χ2v) is 12.2. The van der Waals surface area contributed by atoms with Crippen LogP contribution in [0.15, 0.2) is 39.7 Å². The summed E-state index contributed by atoms with van der Waals surface area (Å²) in [7, 11) is -1.12. The van der Waals surface area contributed by atoms with Gasteiger partial charge in [-0.05, 0) is 70.2 Å². The van der Waals surface area contributed by atoms with Crippen LogP contribution in [0.1, 0.15) is 60.5 Å². The number of carbonyl (C=O) groups is 2. The van der Waals surface area contributed by atoms with E-state index in [0.717, 1.165) is 42.5 Å². The largest absolute Gasteiger partial charge is 0.323 e. The van der Waals surface area contributed by atoms with E-state index in [0.29, 0.717) is 45.9 Å². The number of unbranched alkanes of at least 4 members (excludes halogenated alkanes) is 4. The molecule has 2 aliphatic rings. The molecule has 1 unspecified atom stereocenters. The highest BCUT2D eigenvalue weighted by Crippen LogP contribution is 2.35. The Morgan fingerprint density at radius 1 is 1.15 bits per heavy atom. The highest BCUT2D eigenvalue weighted by Gasteiger charge is 2.29. The van der Waals surface area contributed by atoms with Gasteiger partial charge in [-0.2, -0.15) is 0 Å². The quantitative estimate of drug-likeness (QED) is 0.397. The van der Waals surface area contributed by atoms with Crippen molar-refractivity contribution in [2.75, 3.05) is 29.6 Å². The van der Waals surface area contributed by atoms with Crippen molar-refractivity contribution in [3.05, 3.63) is 51.5 Å². The van der Waals surface area contributed by atoms with E-state index in [1.165, 1.54) is 6.42 Å². The van der Waals surface area contributed by atoms with E-state index in [-0.39, 0.29) is 11.9 Å². The van der Waals surface area contributed by atoms with E-state index in [4.69, 9.17) is 4.78 Å². The maximum absolute atomic E-state index is 13.5. The Labute approximate surface area is 210 Å². The number of benzene rings is 2. The van der Waals surface area contributed by atoms with E-state index < -0.39 is 9.73 Å². The van der Waals surface area contributed by atoms with Gasteiger partial charge < -0.3 is 15.1 Å². The molecule has 2 aromatic carbocycles. The molecular weight excluding hydrogens is 516 g/mol. The van der Waals surface area contributed by atoms with Crippen LogP contribution in [-0.2, 0) is 22.7 Å². The smallest absolute Gasteiger partial charge is 0.321 e. The Morgan fingerprint density at radius 2 is 1.91 bits per heavy atom. The van der Waals surface area contributed by atoms with Gasteiger partial charge in [0.15, 0.2) is 0 Å². The van der Waals surface area contributed by atoms with Crippen LogP contribution in [0.5, 0.6) is 0 Å². The molecule has 34 heavy (non-hydrogen) atoms. The fourth-order valence-corrected chi connectivity index (χ4v) is 6.51. The summed E-state index contributed by atoms with van der Waals surface area (Å²) < 4.78 is 22.1. The van der Waals surface area contributed by atoms with Gasteiger partial charge >= 0.3 is 6.03 Å². The lowest BCUT2D eigenvalue weighted by atomic mass is 10.1. The van der Waals surface area contributed by atoms with Gasteiger partial charge in [0.05, 0.1) is 15.3 Å². The normalized spacial score (nSPS) is 16.6. The molecule has 9 heteroatoms.